The summed E-state index contributed by atoms with van der Waals surface area (Å²) in [5.74, 6) is 1.86. The zero-order valence-corrected chi connectivity index (χ0v) is 10.7. The fourth-order valence-corrected chi connectivity index (χ4v) is 1.71. The van der Waals surface area contributed by atoms with Crippen molar-refractivity contribution in [1.29, 1.82) is 0 Å². The topological polar surface area (TPSA) is 59.9 Å². The Bertz CT molecular complexity index is 488. The Labute approximate surface area is 110 Å². The van der Waals surface area contributed by atoms with Crippen molar-refractivity contribution < 1.29 is 14.3 Å². The first kappa shape index (κ1) is 12.7. The molecule has 1 N–H and O–H groups in total. The molecule has 0 aliphatic carbocycles. The molecule has 2 rings (SSSR count). The van der Waals surface area contributed by atoms with E-state index in [0.29, 0.717) is 11.5 Å². The third-order valence-corrected chi connectivity index (χ3v) is 2.56. The average molecular weight is 269 g/mol. The highest BCUT2D eigenvalue weighted by Gasteiger charge is 2.12. The molecule has 0 amide bonds. The van der Waals surface area contributed by atoms with Crippen LogP contribution in [0, 0.1) is 0 Å². The second-order valence-corrected chi connectivity index (χ2v) is 4.09. The molecule has 6 heteroatoms. The molecule has 0 spiro atoms. The van der Waals surface area contributed by atoms with Gasteiger partial charge < -0.3 is 14.8 Å². The molecule has 0 radical (unpaired) electrons. The summed E-state index contributed by atoms with van der Waals surface area (Å²) in [6, 6.07) is 5.40. The number of methoxy groups -OCH3 is 1. The highest BCUT2D eigenvalue weighted by atomic mass is 35.5. The lowest BCUT2D eigenvalue weighted by molar-refractivity contribution is -0.113. The van der Waals surface area contributed by atoms with Gasteiger partial charge in [-0.25, -0.2) is 0 Å². The molecule has 0 fully saturated rings. The molecule has 0 atom stereocenters. The van der Waals surface area contributed by atoms with E-state index >= 15 is 0 Å². The second kappa shape index (κ2) is 5.73. The molecule has 5 nitrogen and oxygen atoms in total. The summed E-state index contributed by atoms with van der Waals surface area (Å²) in [7, 11) is 1.54. The first-order valence-electron chi connectivity index (χ1n) is 5.48. The van der Waals surface area contributed by atoms with Crippen molar-refractivity contribution in [2.45, 2.75) is 0 Å². The number of carbonyl (C=O) groups excluding carboxylic acids is 1. The highest BCUT2D eigenvalue weighted by molar-refractivity contribution is 6.63. The first-order valence-corrected chi connectivity index (χ1v) is 5.86. The lowest BCUT2D eigenvalue weighted by atomic mass is 10.2. The number of carbonyl (C=O) groups is 1. The van der Waals surface area contributed by atoms with Gasteiger partial charge in [-0.2, -0.15) is 0 Å². The van der Waals surface area contributed by atoms with Crippen LogP contribution in [0.15, 0.2) is 23.2 Å². The Morgan fingerprint density at radius 3 is 2.94 bits per heavy atom. The summed E-state index contributed by atoms with van der Waals surface area (Å²) in [4.78, 5) is 15.0. The van der Waals surface area contributed by atoms with Crippen molar-refractivity contribution >= 4 is 22.7 Å². The van der Waals surface area contributed by atoms with Crippen molar-refractivity contribution in [2.24, 2.45) is 4.99 Å². The molecule has 0 unspecified atom stereocenters. The average Bonchev–Trinajstić information content (AvgIpc) is 2.90. The van der Waals surface area contributed by atoms with Crippen molar-refractivity contribution in [2.75, 3.05) is 26.8 Å². The zero-order valence-electron chi connectivity index (χ0n) is 9.90. The maximum atomic E-state index is 10.7. The third-order valence-electron chi connectivity index (χ3n) is 2.45. The van der Waals surface area contributed by atoms with E-state index in [-0.39, 0.29) is 6.61 Å². The Kier molecular flexibility index (Phi) is 4.04. The third kappa shape index (κ3) is 2.92. The molecular weight excluding hydrogens is 256 g/mol. The van der Waals surface area contributed by atoms with Gasteiger partial charge in [-0.1, -0.05) is 0 Å². The summed E-state index contributed by atoms with van der Waals surface area (Å²) in [6.45, 7) is 1.43. The molecule has 1 heterocycles. The molecule has 96 valence electrons. The van der Waals surface area contributed by atoms with Crippen molar-refractivity contribution in [1.82, 2.24) is 5.32 Å². The maximum absolute atomic E-state index is 10.7. The van der Waals surface area contributed by atoms with E-state index in [9.17, 15) is 4.79 Å². The molecule has 0 bridgehead atoms. The molecule has 1 aromatic carbocycles. The minimum absolute atomic E-state index is 0.184. The van der Waals surface area contributed by atoms with Crippen molar-refractivity contribution in [3.05, 3.63) is 23.8 Å². The summed E-state index contributed by atoms with van der Waals surface area (Å²) in [5.41, 5.74) is 0.925. The van der Waals surface area contributed by atoms with Gasteiger partial charge in [0.25, 0.3) is 5.24 Å². The number of nitrogens with zero attached hydrogens (tertiary/aromatic N) is 1. The van der Waals surface area contributed by atoms with Crippen LogP contribution in [0.1, 0.15) is 5.56 Å². The van der Waals surface area contributed by atoms with Crippen LogP contribution in [0.2, 0.25) is 0 Å². The number of nitrogens with one attached hydrogen (secondary N) is 1. The first-order chi connectivity index (χ1) is 8.70. The Balaban J connectivity index is 2.19. The van der Waals surface area contributed by atoms with Gasteiger partial charge in [0.2, 0.25) is 0 Å². The Morgan fingerprint density at radius 2 is 2.33 bits per heavy atom. The number of rotatable bonds is 5. The molecule has 1 aliphatic rings. The van der Waals surface area contributed by atoms with E-state index in [1.54, 1.807) is 13.2 Å². The summed E-state index contributed by atoms with van der Waals surface area (Å²) in [5, 5.41) is 2.62. The fourth-order valence-electron chi connectivity index (χ4n) is 1.66. The zero-order chi connectivity index (χ0) is 13.0. The lowest BCUT2D eigenvalue weighted by Gasteiger charge is -2.11. The number of aliphatic imine (C=N–C) groups is 1. The quantitative estimate of drug-likeness (QED) is 0.815. The smallest absolute Gasteiger partial charge is 0.259 e. The SMILES string of the molecule is COc1cc(C2=NCCN2)ccc1OCC(=O)Cl. The van der Waals surface area contributed by atoms with E-state index in [1.165, 1.54) is 0 Å². The van der Waals surface area contributed by atoms with Crippen molar-refractivity contribution in [3.63, 3.8) is 0 Å². The summed E-state index contributed by atoms with van der Waals surface area (Å²) in [6.07, 6.45) is 0. The molecular formula is C12H13ClN2O3. The fraction of sp³-hybridized carbons (Fsp3) is 0.333. The van der Waals surface area contributed by atoms with Gasteiger partial charge in [-0.3, -0.25) is 9.79 Å². The van der Waals surface area contributed by atoms with Gasteiger partial charge in [0.05, 0.1) is 13.7 Å². The van der Waals surface area contributed by atoms with Gasteiger partial charge in [0.1, 0.15) is 5.84 Å². The summed E-state index contributed by atoms with van der Waals surface area (Å²) < 4.78 is 10.5. The summed E-state index contributed by atoms with van der Waals surface area (Å²) >= 11 is 5.22. The molecule has 0 saturated carbocycles. The molecule has 1 aliphatic heterocycles. The van der Waals surface area contributed by atoms with E-state index in [2.05, 4.69) is 10.3 Å². The van der Waals surface area contributed by atoms with Crippen LogP contribution < -0.4 is 14.8 Å². The molecule has 18 heavy (non-hydrogen) atoms. The number of hydrogen-bond acceptors (Lipinski definition) is 5. The van der Waals surface area contributed by atoms with Gasteiger partial charge in [0, 0.05) is 12.1 Å². The van der Waals surface area contributed by atoms with Crippen LogP contribution >= 0.6 is 11.6 Å². The lowest BCUT2D eigenvalue weighted by Crippen LogP contribution is -2.19. The predicted octanol–water partition coefficient (Wildman–Crippen LogP) is 1.19. The van der Waals surface area contributed by atoms with Crippen LogP contribution in [0.5, 0.6) is 11.5 Å². The maximum Gasteiger partial charge on any atom is 0.259 e. The van der Waals surface area contributed by atoms with Crippen LogP contribution in [0.25, 0.3) is 0 Å². The largest absolute Gasteiger partial charge is 0.493 e. The van der Waals surface area contributed by atoms with Crippen LogP contribution in [-0.4, -0.2) is 37.9 Å². The van der Waals surface area contributed by atoms with E-state index in [0.717, 1.165) is 24.5 Å². The highest BCUT2D eigenvalue weighted by Crippen LogP contribution is 2.28. The van der Waals surface area contributed by atoms with E-state index in [1.807, 2.05) is 12.1 Å². The predicted molar refractivity (Wildman–Crippen MR) is 68.8 cm³/mol. The van der Waals surface area contributed by atoms with E-state index in [4.69, 9.17) is 21.1 Å². The standard InChI is InChI=1S/C12H13ClN2O3/c1-17-10-6-8(12-14-4-5-15-12)2-3-9(10)18-7-11(13)16/h2-3,6H,4-5,7H2,1H3,(H,14,15). The number of amidine groups is 1. The number of hydrogen-bond donors (Lipinski definition) is 1. The van der Waals surface area contributed by atoms with Gasteiger partial charge in [-0.15, -0.1) is 0 Å². The Hall–Kier alpha value is -1.75. The minimum atomic E-state index is -0.553. The van der Waals surface area contributed by atoms with Crippen LogP contribution in [0.4, 0.5) is 0 Å². The van der Waals surface area contributed by atoms with Crippen molar-refractivity contribution in [3.8, 4) is 11.5 Å². The van der Waals surface area contributed by atoms with Gasteiger partial charge >= 0.3 is 0 Å². The number of ether oxygens (including phenoxy) is 2. The van der Waals surface area contributed by atoms with Gasteiger partial charge in [0.15, 0.2) is 18.1 Å². The minimum Gasteiger partial charge on any atom is -0.493 e. The monoisotopic (exact) mass is 268 g/mol. The van der Waals surface area contributed by atoms with Crippen LogP contribution in [-0.2, 0) is 4.79 Å². The number of halogens is 1. The molecule has 0 aromatic heterocycles. The molecule has 1 aromatic rings. The Morgan fingerprint density at radius 1 is 1.50 bits per heavy atom. The number of benzene rings is 1. The molecule has 0 saturated heterocycles. The second-order valence-electron chi connectivity index (χ2n) is 3.67. The normalized spacial score (nSPS) is 13.8. The van der Waals surface area contributed by atoms with Gasteiger partial charge in [-0.05, 0) is 29.8 Å². The van der Waals surface area contributed by atoms with E-state index < -0.39 is 5.24 Å². The van der Waals surface area contributed by atoms with Crippen LogP contribution in [0.3, 0.4) is 0 Å².